The normalized spacial score (nSPS) is 25.7. The topological polar surface area (TPSA) is 65.0 Å². The van der Waals surface area contributed by atoms with Crippen LogP contribution < -0.4 is 10.6 Å². The number of nitrogens with zero attached hydrogens (tertiary/aromatic N) is 4. The number of halogens is 3. The van der Waals surface area contributed by atoms with Gasteiger partial charge in [-0.05, 0) is 56.2 Å². The van der Waals surface area contributed by atoms with Crippen LogP contribution in [-0.2, 0) is 17.3 Å². The number of aromatic nitrogens is 1. The smallest absolute Gasteiger partial charge is 0.376 e. The highest BCUT2D eigenvalue weighted by molar-refractivity contribution is 6.03. The number of fused-ring (bicyclic) bond motifs is 1. The van der Waals surface area contributed by atoms with Crippen molar-refractivity contribution >= 4 is 17.1 Å². The first-order valence-electron chi connectivity index (χ1n) is 13.4. The number of aliphatic imine (C=N–C) groups is 1. The van der Waals surface area contributed by atoms with Crippen LogP contribution in [0.3, 0.4) is 0 Å². The van der Waals surface area contributed by atoms with Crippen LogP contribution in [0.4, 0.5) is 18.9 Å². The Morgan fingerprint density at radius 1 is 1.10 bits per heavy atom. The number of hydrogen-bond acceptors (Lipinski definition) is 7. The minimum Gasteiger partial charge on any atom is -0.376 e. The lowest BCUT2D eigenvalue weighted by Crippen LogP contribution is -2.56. The van der Waals surface area contributed by atoms with Crippen LogP contribution in [0.5, 0.6) is 0 Å². The number of rotatable bonds is 5. The average molecular weight is 541 g/mol. The highest BCUT2D eigenvalue weighted by Crippen LogP contribution is 2.36. The van der Waals surface area contributed by atoms with E-state index >= 15 is 0 Å². The molecule has 0 bridgehead atoms. The number of amidine groups is 1. The Labute approximate surface area is 227 Å². The van der Waals surface area contributed by atoms with Gasteiger partial charge in [-0.3, -0.25) is 9.88 Å². The molecule has 1 saturated heterocycles. The van der Waals surface area contributed by atoms with E-state index in [1.165, 1.54) is 17.8 Å². The van der Waals surface area contributed by atoms with Crippen molar-refractivity contribution in [2.75, 3.05) is 32.0 Å². The van der Waals surface area contributed by atoms with Crippen LogP contribution in [0, 0.1) is 0 Å². The fraction of sp³-hybridized carbons (Fsp3) is 0.448. The molecular weight excluding hydrogens is 505 g/mol. The molecule has 1 aromatic carbocycles. The first-order valence-corrected chi connectivity index (χ1v) is 13.4. The number of benzene rings is 1. The summed E-state index contributed by atoms with van der Waals surface area (Å²) in [5, 5.41) is 6.78. The number of nitrogens with one attached hydrogen (secondary N) is 2. The summed E-state index contributed by atoms with van der Waals surface area (Å²) in [5.41, 5.74) is 2.48. The van der Waals surface area contributed by atoms with Gasteiger partial charge < -0.3 is 20.3 Å². The van der Waals surface area contributed by atoms with Crippen LogP contribution in [0.1, 0.15) is 37.6 Å². The van der Waals surface area contributed by atoms with E-state index in [1.807, 2.05) is 19.2 Å². The van der Waals surface area contributed by atoms with Crippen LogP contribution in [-0.4, -0.2) is 71.7 Å². The monoisotopic (exact) mass is 540 g/mol. The Balaban J connectivity index is 1.49. The number of alkyl halides is 3. The number of pyridine rings is 1. The molecule has 39 heavy (non-hydrogen) atoms. The fourth-order valence-electron chi connectivity index (χ4n) is 5.47. The molecule has 7 nitrogen and oxygen atoms in total. The third-order valence-electron chi connectivity index (χ3n) is 7.36. The largest absolute Gasteiger partial charge is 0.418 e. The zero-order valence-electron chi connectivity index (χ0n) is 22.7. The Bertz CT molecular complexity index is 1260. The summed E-state index contributed by atoms with van der Waals surface area (Å²) in [6.45, 7) is 8.49. The highest BCUT2D eigenvalue weighted by Gasteiger charge is 2.38. The van der Waals surface area contributed by atoms with Crippen molar-refractivity contribution in [2.45, 2.75) is 57.8 Å². The van der Waals surface area contributed by atoms with Gasteiger partial charge >= 0.3 is 6.18 Å². The SMILES string of the molecule is CCc1ccc(NC2=NC(CN3CC(C)O[C@@H](C)C3)N(C)C3=CC(c4ncccc4C(F)(F)F)=CNC32)cc1. The van der Waals surface area contributed by atoms with Gasteiger partial charge in [0.2, 0.25) is 0 Å². The number of likely N-dealkylation sites (N-methyl/N-ethyl adjacent to an activating group) is 1. The molecule has 10 heteroatoms. The number of dihydropyridines is 1. The number of anilines is 1. The number of aryl methyl sites for hydroxylation is 1. The zero-order valence-corrected chi connectivity index (χ0v) is 22.7. The van der Waals surface area contributed by atoms with Crippen LogP contribution >= 0.6 is 0 Å². The van der Waals surface area contributed by atoms with E-state index < -0.39 is 11.7 Å². The molecule has 0 radical (unpaired) electrons. The summed E-state index contributed by atoms with van der Waals surface area (Å²) in [6.07, 6.45) is 1.21. The maximum atomic E-state index is 13.8. The minimum absolute atomic E-state index is 0.101. The van der Waals surface area contributed by atoms with Crippen molar-refractivity contribution in [3.8, 4) is 0 Å². The Kier molecular flexibility index (Phi) is 7.68. The number of hydrogen-bond donors (Lipinski definition) is 2. The predicted molar refractivity (Wildman–Crippen MR) is 147 cm³/mol. The quantitative estimate of drug-likeness (QED) is 0.571. The summed E-state index contributed by atoms with van der Waals surface area (Å²) in [7, 11) is 1.95. The molecule has 2 aromatic rings. The van der Waals surface area contributed by atoms with Gasteiger partial charge in [0.25, 0.3) is 0 Å². The Morgan fingerprint density at radius 3 is 2.49 bits per heavy atom. The maximum Gasteiger partial charge on any atom is 0.418 e. The average Bonchev–Trinajstić information content (AvgIpc) is 2.90. The third-order valence-corrected chi connectivity index (χ3v) is 7.36. The molecule has 4 heterocycles. The van der Waals surface area contributed by atoms with E-state index in [4.69, 9.17) is 9.73 Å². The van der Waals surface area contributed by atoms with Crippen molar-refractivity contribution < 1.29 is 17.9 Å². The van der Waals surface area contributed by atoms with Crippen molar-refractivity contribution in [1.82, 2.24) is 20.1 Å². The number of allylic oxidation sites excluding steroid dienone is 2. The van der Waals surface area contributed by atoms with Gasteiger partial charge in [-0.25, -0.2) is 4.99 Å². The molecule has 3 unspecified atom stereocenters. The van der Waals surface area contributed by atoms with Crippen LogP contribution in [0.2, 0.25) is 0 Å². The molecule has 0 amide bonds. The molecule has 1 fully saturated rings. The van der Waals surface area contributed by atoms with Crippen LogP contribution in [0.15, 0.2) is 65.6 Å². The van der Waals surface area contributed by atoms with Crippen molar-refractivity contribution in [2.24, 2.45) is 4.99 Å². The van der Waals surface area contributed by atoms with Gasteiger partial charge in [0.1, 0.15) is 18.0 Å². The molecule has 208 valence electrons. The summed E-state index contributed by atoms with van der Waals surface area (Å²) in [4.78, 5) is 13.6. The van der Waals surface area contributed by atoms with E-state index in [-0.39, 0.29) is 30.1 Å². The lowest BCUT2D eigenvalue weighted by atomic mass is 9.97. The number of ether oxygens (including phenoxy) is 1. The summed E-state index contributed by atoms with van der Waals surface area (Å²) >= 11 is 0. The van der Waals surface area contributed by atoms with E-state index in [1.54, 1.807) is 12.3 Å². The van der Waals surface area contributed by atoms with Crippen molar-refractivity contribution in [3.05, 3.63) is 77.4 Å². The van der Waals surface area contributed by atoms with Gasteiger partial charge in [-0.2, -0.15) is 13.2 Å². The highest BCUT2D eigenvalue weighted by atomic mass is 19.4. The van der Waals surface area contributed by atoms with Crippen molar-refractivity contribution in [1.29, 1.82) is 0 Å². The third kappa shape index (κ3) is 5.96. The van der Waals surface area contributed by atoms with Gasteiger partial charge in [-0.15, -0.1) is 0 Å². The first-order chi connectivity index (χ1) is 18.6. The molecule has 3 aliphatic heterocycles. The lowest BCUT2D eigenvalue weighted by Gasteiger charge is -2.44. The molecule has 0 saturated carbocycles. The molecule has 0 spiro atoms. The fourth-order valence-corrected chi connectivity index (χ4v) is 5.47. The lowest BCUT2D eigenvalue weighted by molar-refractivity contribution is -0.138. The summed E-state index contributed by atoms with van der Waals surface area (Å²) in [5.74, 6) is 0.718. The standard InChI is InChI=1S/C29H35F3N6O/c1-5-20-8-10-22(11-9-20)35-28-27-24(37(4)25(36-28)17-38-15-18(2)39-19(3)16-38)13-21(14-34-27)26-23(29(30,31)32)7-6-12-33-26/h6-14,18-19,25,27,34H,5,15-17H2,1-4H3,(H,35,36)/t18-,19?,25?,27?/m0/s1. The Morgan fingerprint density at radius 2 is 1.82 bits per heavy atom. The second-order valence-electron chi connectivity index (χ2n) is 10.4. The van der Waals surface area contributed by atoms with Gasteiger partial charge in [-0.1, -0.05) is 19.1 Å². The summed E-state index contributed by atoms with van der Waals surface area (Å²) in [6, 6.07) is 10.2. The first kappa shape index (κ1) is 27.2. The maximum absolute atomic E-state index is 13.8. The molecular formula is C29H35F3N6O. The van der Waals surface area contributed by atoms with E-state index in [0.717, 1.165) is 42.8 Å². The zero-order chi connectivity index (χ0) is 27.7. The molecule has 5 rings (SSSR count). The van der Waals surface area contributed by atoms with Gasteiger partial charge in [0, 0.05) is 56.0 Å². The van der Waals surface area contributed by atoms with Crippen LogP contribution in [0.25, 0.3) is 5.57 Å². The molecule has 4 atom stereocenters. The second kappa shape index (κ2) is 11.0. The van der Waals surface area contributed by atoms with E-state index in [9.17, 15) is 13.2 Å². The van der Waals surface area contributed by atoms with Crippen molar-refractivity contribution in [3.63, 3.8) is 0 Å². The number of morpholine rings is 1. The molecule has 2 N–H and O–H groups in total. The van der Waals surface area contributed by atoms with Gasteiger partial charge in [0.15, 0.2) is 0 Å². The van der Waals surface area contributed by atoms with E-state index in [0.29, 0.717) is 12.1 Å². The van der Waals surface area contributed by atoms with E-state index in [2.05, 4.69) is 58.3 Å². The molecule has 1 aromatic heterocycles. The Hall–Kier alpha value is -3.37. The minimum atomic E-state index is -4.51. The summed E-state index contributed by atoms with van der Waals surface area (Å²) < 4.78 is 47.3. The second-order valence-corrected chi connectivity index (χ2v) is 10.4. The molecule has 3 aliphatic rings. The predicted octanol–water partition coefficient (Wildman–Crippen LogP) is 4.75. The van der Waals surface area contributed by atoms with Gasteiger partial charge in [0.05, 0.1) is 23.5 Å². The molecule has 0 aliphatic carbocycles.